The largest absolute Gasteiger partial charge is 0.444 e. The zero-order valence-corrected chi connectivity index (χ0v) is 13.0. The van der Waals surface area contributed by atoms with Crippen molar-refractivity contribution in [3.8, 4) is 0 Å². The monoisotopic (exact) mass is 279 g/mol. The van der Waals surface area contributed by atoms with E-state index >= 15 is 0 Å². The fourth-order valence-electron chi connectivity index (χ4n) is 2.60. The maximum absolute atomic E-state index is 11.8. The Morgan fingerprint density at radius 1 is 1.50 bits per heavy atom. The predicted molar refractivity (Wildman–Crippen MR) is 77.4 cm³/mol. The number of carbonyl (C=O) groups is 1. The molecule has 1 amide bonds. The molecule has 1 heterocycles. The molecule has 1 fully saturated rings. The van der Waals surface area contributed by atoms with Crippen LogP contribution in [0.4, 0.5) is 4.79 Å². The summed E-state index contributed by atoms with van der Waals surface area (Å²) in [4.78, 5) is 16.0. The number of aromatic nitrogens is 2. The van der Waals surface area contributed by atoms with Gasteiger partial charge in [0.05, 0.1) is 24.3 Å². The van der Waals surface area contributed by atoms with Crippen molar-refractivity contribution in [1.82, 2.24) is 14.9 Å². The minimum absolute atomic E-state index is 0.108. The Morgan fingerprint density at radius 3 is 2.70 bits per heavy atom. The summed E-state index contributed by atoms with van der Waals surface area (Å²) in [5, 5.41) is 2.87. The smallest absolute Gasteiger partial charge is 0.408 e. The molecule has 20 heavy (non-hydrogen) atoms. The Morgan fingerprint density at radius 2 is 2.15 bits per heavy atom. The topological polar surface area (TPSA) is 56.2 Å². The molecule has 1 aliphatic carbocycles. The van der Waals surface area contributed by atoms with Crippen LogP contribution in [-0.2, 0) is 4.74 Å². The minimum Gasteiger partial charge on any atom is -0.444 e. The zero-order valence-electron chi connectivity index (χ0n) is 13.0. The highest BCUT2D eigenvalue weighted by molar-refractivity contribution is 5.68. The summed E-state index contributed by atoms with van der Waals surface area (Å²) in [5.41, 5.74) is 0.556. The molecule has 1 saturated carbocycles. The first-order valence-corrected chi connectivity index (χ1v) is 7.27. The lowest BCUT2D eigenvalue weighted by molar-refractivity contribution is 0.0504. The van der Waals surface area contributed by atoms with E-state index < -0.39 is 5.60 Å². The zero-order chi connectivity index (χ0) is 14.9. The molecule has 0 bridgehead atoms. The van der Waals surface area contributed by atoms with E-state index in [1.54, 1.807) is 0 Å². The van der Waals surface area contributed by atoms with Crippen LogP contribution in [0.2, 0.25) is 0 Å². The molecule has 0 spiro atoms. The summed E-state index contributed by atoms with van der Waals surface area (Å²) in [5.74, 6) is 0.782. The fraction of sp³-hybridized carbons (Fsp3) is 0.733. The van der Waals surface area contributed by atoms with E-state index in [9.17, 15) is 4.79 Å². The lowest BCUT2D eigenvalue weighted by Crippen LogP contribution is -2.35. The normalized spacial score (nSPS) is 23.9. The molecule has 1 N–H and O–H groups in total. The third kappa shape index (κ3) is 3.52. The van der Waals surface area contributed by atoms with E-state index in [2.05, 4.69) is 21.8 Å². The van der Waals surface area contributed by atoms with Gasteiger partial charge in [0.15, 0.2) is 0 Å². The maximum Gasteiger partial charge on any atom is 0.408 e. The second-order valence-corrected chi connectivity index (χ2v) is 6.82. The first-order chi connectivity index (χ1) is 9.26. The Hall–Kier alpha value is -1.52. The van der Waals surface area contributed by atoms with Crippen molar-refractivity contribution in [1.29, 1.82) is 0 Å². The lowest BCUT2D eigenvalue weighted by atomic mass is 9.81. The summed E-state index contributed by atoms with van der Waals surface area (Å²) < 4.78 is 7.47. The van der Waals surface area contributed by atoms with Crippen molar-refractivity contribution in [3.05, 3.63) is 18.2 Å². The predicted octanol–water partition coefficient (Wildman–Crippen LogP) is 3.44. The quantitative estimate of drug-likeness (QED) is 0.922. The molecule has 1 aliphatic rings. The molecule has 1 aromatic heterocycles. The second kappa shape index (κ2) is 5.46. The van der Waals surface area contributed by atoms with Gasteiger partial charge >= 0.3 is 6.09 Å². The van der Waals surface area contributed by atoms with Crippen LogP contribution in [0.25, 0.3) is 0 Å². The molecular formula is C15H25N3O2. The molecule has 1 atom stereocenters. The van der Waals surface area contributed by atoms with Gasteiger partial charge in [0, 0.05) is 6.04 Å². The number of nitrogens with zero attached hydrogens (tertiary/aromatic N) is 2. The SMILES string of the molecule is CC1CC(n2cncc2[C@@H](C)NC(=O)OC(C)(C)C)C1. The van der Waals surface area contributed by atoms with Crippen molar-refractivity contribution < 1.29 is 9.53 Å². The Kier molecular flexibility index (Phi) is 4.06. The number of ether oxygens (including phenoxy) is 1. The molecule has 112 valence electrons. The number of hydrogen-bond acceptors (Lipinski definition) is 3. The maximum atomic E-state index is 11.8. The van der Waals surface area contributed by atoms with Gasteiger partial charge in [-0.3, -0.25) is 0 Å². The first kappa shape index (κ1) is 14.9. The van der Waals surface area contributed by atoms with Crippen LogP contribution in [0, 0.1) is 5.92 Å². The van der Waals surface area contributed by atoms with Crippen LogP contribution in [0.5, 0.6) is 0 Å². The molecule has 5 heteroatoms. The summed E-state index contributed by atoms with van der Waals surface area (Å²) in [6.45, 7) is 9.79. The van der Waals surface area contributed by atoms with E-state index in [1.165, 1.54) is 12.8 Å². The van der Waals surface area contributed by atoms with E-state index in [-0.39, 0.29) is 12.1 Å². The molecule has 2 rings (SSSR count). The number of nitrogens with one attached hydrogen (secondary N) is 1. The molecule has 0 aliphatic heterocycles. The average molecular weight is 279 g/mol. The van der Waals surface area contributed by atoms with E-state index in [4.69, 9.17) is 4.74 Å². The lowest BCUT2D eigenvalue weighted by Gasteiger charge is -2.35. The Bertz CT molecular complexity index is 470. The van der Waals surface area contributed by atoms with Gasteiger partial charge < -0.3 is 14.6 Å². The molecular weight excluding hydrogens is 254 g/mol. The highest BCUT2D eigenvalue weighted by Gasteiger charge is 2.29. The number of alkyl carbamates (subject to hydrolysis) is 1. The molecule has 0 saturated heterocycles. The Balaban J connectivity index is 1.98. The summed E-state index contributed by atoms with van der Waals surface area (Å²) in [6.07, 6.45) is 5.66. The third-order valence-corrected chi connectivity index (χ3v) is 3.62. The van der Waals surface area contributed by atoms with Gasteiger partial charge in [0.1, 0.15) is 5.60 Å². The summed E-state index contributed by atoms with van der Waals surface area (Å²) in [7, 11) is 0. The van der Waals surface area contributed by atoms with Gasteiger partial charge in [0.2, 0.25) is 0 Å². The van der Waals surface area contributed by atoms with Gasteiger partial charge in [-0.2, -0.15) is 0 Å². The summed E-state index contributed by atoms with van der Waals surface area (Å²) >= 11 is 0. The number of imidazole rings is 1. The standard InChI is InChI=1S/C15H25N3O2/c1-10-6-12(7-10)18-9-16-8-13(18)11(2)17-14(19)20-15(3,4)5/h8-12H,6-7H2,1-5H3,(H,17,19)/t10?,11-,12?/m1/s1. The van der Waals surface area contributed by atoms with Crippen LogP contribution < -0.4 is 5.32 Å². The van der Waals surface area contributed by atoms with Gasteiger partial charge in [0.25, 0.3) is 0 Å². The minimum atomic E-state index is -0.479. The van der Waals surface area contributed by atoms with Gasteiger partial charge in [-0.15, -0.1) is 0 Å². The molecule has 1 aromatic rings. The number of amides is 1. The average Bonchev–Trinajstić information content (AvgIpc) is 2.70. The van der Waals surface area contributed by atoms with E-state index in [0.717, 1.165) is 11.6 Å². The third-order valence-electron chi connectivity index (χ3n) is 3.62. The van der Waals surface area contributed by atoms with E-state index in [1.807, 2.05) is 40.2 Å². The number of hydrogen-bond donors (Lipinski definition) is 1. The van der Waals surface area contributed by atoms with Crippen LogP contribution >= 0.6 is 0 Å². The molecule has 0 unspecified atom stereocenters. The van der Waals surface area contributed by atoms with Crippen LogP contribution in [0.15, 0.2) is 12.5 Å². The van der Waals surface area contributed by atoms with E-state index in [0.29, 0.717) is 6.04 Å². The fourth-order valence-corrected chi connectivity index (χ4v) is 2.60. The van der Waals surface area contributed by atoms with Crippen molar-refractivity contribution in [3.63, 3.8) is 0 Å². The molecule has 5 nitrogen and oxygen atoms in total. The first-order valence-electron chi connectivity index (χ1n) is 7.27. The van der Waals surface area contributed by atoms with Crippen molar-refractivity contribution in [2.75, 3.05) is 0 Å². The van der Waals surface area contributed by atoms with Crippen LogP contribution in [-0.4, -0.2) is 21.2 Å². The number of rotatable bonds is 3. The van der Waals surface area contributed by atoms with Crippen molar-refractivity contribution in [2.24, 2.45) is 5.92 Å². The highest BCUT2D eigenvalue weighted by atomic mass is 16.6. The number of carbonyl (C=O) groups excluding carboxylic acids is 1. The summed E-state index contributed by atoms with van der Waals surface area (Å²) in [6, 6.07) is 0.411. The van der Waals surface area contributed by atoms with Crippen molar-refractivity contribution >= 4 is 6.09 Å². The van der Waals surface area contributed by atoms with Crippen LogP contribution in [0.3, 0.4) is 0 Å². The molecule has 0 aromatic carbocycles. The second-order valence-electron chi connectivity index (χ2n) is 6.82. The molecule has 0 radical (unpaired) electrons. The van der Waals surface area contributed by atoms with Gasteiger partial charge in [-0.1, -0.05) is 6.92 Å². The van der Waals surface area contributed by atoms with Gasteiger partial charge in [-0.25, -0.2) is 9.78 Å². The van der Waals surface area contributed by atoms with Gasteiger partial charge in [-0.05, 0) is 46.5 Å². The van der Waals surface area contributed by atoms with Crippen molar-refractivity contribution in [2.45, 2.75) is 65.1 Å². The van der Waals surface area contributed by atoms with Crippen LogP contribution in [0.1, 0.15) is 65.2 Å². The highest BCUT2D eigenvalue weighted by Crippen LogP contribution is 2.38. The Labute approximate surface area is 120 Å².